The zero-order valence-electron chi connectivity index (χ0n) is 11.6. The molecule has 4 atom stereocenters. The summed E-state index contributed by atoms with van der Waals surface area (Å²) in [5.41, 5.74) is 1.02. The van der Waals surface area contributed by atoms with Crippen molar-refractivity contribution < 1.29 is 14.3 Å². The summed E-state index contributed by atoms with van der Waals surface area (Å²) in [4.78, 5) is 12.0. The molecule has 1 aromatic rings. The molecule has 1 saturated carbocycles. The summed E-state index contributed by atoms with van der Waals surface area (Å²) in [5.74, 6) is 0.0905. The standard InChI is InChI=1S/C15H19FN2O2.ClH/c16-11-3-1-9(2-4-11)12-5-13(12)15(20)18-7-10-6-17-8-14(10)19;/h1-4,10,12-14,17,19H,5-8H2,(H,18,20);1H. The predicted octanol–water partition coefficient (Wildman–Crippen LogP) is 1.05. The Balaban J connectivity index is 0.00000161. The summed E-state index contributed by atoms with van der Waals surface area (Å²) in [5, 5.41) is 15.7. The molecule has 0 bridgehead atoms. The molecule has 1 aliphatic heterocycles. The van der Waals surface area contributed by atoms with Gasteiger partial charge < -0.3 is 15.7 Å². The number of halogens is 2. The number of carbonyl (C=O) groups is 1. The van der Waals surface area contributed by atoms with Crippen molar-refractivity contribution in [3.05, 3.63) is 35.6 Å². The van der Waals surface area contributed by atoms with Crippen molar-refractivity contribution >= 4 is 18.3 Å². The summed E-state index contributed by atoms with van der Waals surface area (Å²) < 4.78 is 12.8. The van der Waals surface area contributed by atoms with E-state index < -0.39 is 0 Å². The quantitative estimate of drug-likeness (QED) is 0.778. The highest BCUT2D eigenvalue weighted by Gasteiger charge is 2.44. The average Bonchev–Trinajstić information content (AvgIpc) is 3.14. The van der Waals surface area contributed by atoms with Crippen molar-refractivity contribution in [1.29, 1.82) is 0 Å². The topological polar surface area (TPSA) is 61.4 Å². The monoisotopic (exact) mass is 314 g/mol. The molecule has 2 aliphatic rings. The SMILES string of the molecule is Cl.O=C(NCC1CNCC1O)C1CC1c1ccc(F)cc1. The van der Waals surface area contributed by atoms with Crippen molar-refractivity contribution in [1.82, 2.24) is 10.6 Å². The molecule has 1 heterocycles. The number of aliphatic hydroxyl groups excluding tert-OH is 1. The van der Waals surface area contributed by atoms with Crippen LogP contribution in [-0.4, -0.2) is 36.8 Å². The van der Waals surface area contributed by atoms with Crippen LogP contribution in [0.4, 0.5) is 4.39 Å². The molecule has 4 nitrogen and oxygen atoms in total. The second kappa shape index (κ2) is 6.73. The van der Waals surface area contributed by atoms with Gasteiger partial charge in [-0.1, -0.05) is 12.1 Å². The minimum atomic E-state index is -0.373. The van der Waals surface area contributed by atoms with Crippen LogP contribution in [0.1, 0.15) is 17.9 Å². The zero-order valence-corrected chi connectivity index (χ0v) is 12.4. The third kappa shape index (κ3) is 3.73. The third-order valence-electron chi connectivity index (χ3n) is 4.27. The Labute approximate surface area is 129 Å². The van der Waals surface area contributed by atoms with Crippen LogP contribution in [0.5, 0.6) is 0 Å². The number of aliphatic hydroxyl groups is 1. The minimum absolute atomic E-state index is 0. The van der Waals surface area contributed by atoms with Crippen LogP contribution in [-0.2, 0) is 4.79 Å². The van der Waals surface area contributed by atoms with E-state index in [4.69, 9.17) is 0 Å². The maximum absolute atomic E-state index is 12.8. The fraction of sp³-hybridized carbons (Fsp3) is 0.533. The van der Waals surface area contributed by atoms with Crippen molar-refractivity contribution in [2.24, 2.45) is 11.8 Å². The Hall–Kier alpha value is -1.17. The summed E-state index contributed by atoms with van der Waals surface area (Å²) in [6.45, 7) is 1.86. The fourth-order valence-corrected chi connectivity index (χ4v) is 2.85. The largest absolute Gasteiger partial charge is 0.391 e. The van der Waals surface area contributed by atoms with Gasteiger partial charge in [0.1, 0.15) is 5.82 Å². The Morgan fingerprint density at radius 2 is 2.05 bits per heavy atom. The van der Waals surface area contributed by atoms with Gasteiger partial charge >= 0.3 is 0 Å². The van der Waals surface area contributed by atoms with E-state index in [2.05, 4.69) is 10.6 Å². The van der Waals surface area contributed by atoms with E-state index in [1.165, 1.54) is 12.1 Å². The number of benzene rings is 1. The molecule has 3 rings (SSSR count). The lowest BCUT2D eigenvalue weighted by atomic mass is 10.1. The molecule has 1 saturated heterocycles. The Morgan fingerprint density at radius 3 is 2.67 bits per heavy atom. The summed E-state index contributed by atoms with van der Waals surface area (Å²) in [6, 6.07) is 6.36. The molecule has 2 fully saturated rings. The van der Waals surface area contributed by atoms with Crippen LogP contribution in [0.2, 0.25) is 0 Å². The Kier molecular flexibility index (Phi) is 5.19. The van der Waals surface area contributed by atoms with E-state index in [0.29, 0.717) is 13.1 Å². The molecule has 0 aromatic heterocycles. The first-order chi connectivity index (χ1) is 9.65. The normalized spacial score (nSPS) is 30.6. The van der Waals surface area contributed by atoms with Crippen LogP contribution in [0.3, 0.4) is 0 Å². The van der Waals surface area contributed by atoms with E-state index in [1.54, 1.807) is 12.1 Å². The third-order valence-corrected chi connectivity index (χ3v) is 4.27. The number of amides is 1. The second-order valence-corrected chi connectivity index (χ2v) is 5.73. The highest BCUT2D eigenvalue weighted by Crippen LogP contribution is 2.47. The van der Waals surface area contributed by atoms with E-state index >= 15 is 0 Å². The van der Waals surface area contributed by atoms with Gasteiger partial charge in [-0.05, 0) is 30.0 Å². The number of hydrogen-bond acceptors (Lipinski definition) is 3. The minimum Gasteiger partial charge on any atom is -0.391 e. The molecule has 0 radical (unpaired) electrons. The maximum atomic E-state index is 12.8. The molecular formula is C15H20ClFN2O2. The van der Waals surface area contributed by atoms with Crippen LogP contribution in [0.15, 0.2) is 24.3 Å². The molecule has 4 unspecified atom stereocenters. The number of nitrogens with one attached hydrogen (secondary N) is 2. The molecule has 1 amide bonds. The first kappa shape index (κ1) is 16.2. The van der Waals surface area contributed by atoms with E-state index in [1.807, 2.05) is 0 Å². The highest BCUT2D eigenvalue weighted by atomic mass is 35.5. The Morgan fingerprint density at radius 1 is 1.33 bits per heavy atom. The number of β-amino-alcohol motifs (C(OH)–C–C–N with tert-alkyl or cyclic N) is 1. The van der Waals surface area contributed by atoms with Crippen molar-refractivity contribution in [3.63, 3.8) is 0 Å². The van der Waals surface area contributed by atoms with Gasteiger partial charge in [-0.25, -0.2) is 4.39 Å². The van der Waals surface area contributed by atoms with Gasteiger partial charge in [-0.15, -0.1) is 12.4 Å². The molecule has 1 aliphatic carbocycles. The summed E-state index contributed by atoms with van der Waals surface area (Å²) in [6.07, 6.45) is 0.450. The lowest BCUT2D eigenvalue weighted by Gasteiger charge is -2.14. The molecule has 116 valence electrons. The van der Waals surface area contributed by atoms with Gasteiger partial charge in [-0.3, -0.25) is 4.79 Å². The maximum Gasteiger partial charge on any atom is 0.223 e. The zero-order chi connectivity index (χ0) is 14.1. The van der Waals surface area contributed by atoms with Crippen LogP contribution >= 0.6 is 12.4 Å². The molecule has 0 spiro atoms. The van der Waals surface area contributed by atoms with Crippen molar-refractivity contribution in [2.75, 3.05) is 19.6 Å². The number of carbonyl (C=O) groups excluding carboxylic acids is 1. The molecule has 1 aromatic carbocycles. The summed E-state index contributed by atoms with van der Waals surface area (Å²) in [7, 11) is 0. The predicted molar refractivity (Wildman–Crippen MR) is 79.9 cm³/mol. The first-order valence-corrected chi connectivity index (χ1v) is 7.07. The smallest absolute Gasteiger partial charge is 0.223 e. The van der Waals surface area contributed by atoms with Gasteiger partial charge in [0.15, 0.2) is 0 Å². The van der Waals surface area contributed by atoms with Crippen LogP contribution in [0.25, 0.3) is 0 Å². The molecule has 21 heavy (non-hydrogen) atoms. The van der Waals surface area contributed by atoms with Gasteiger partial charge in [-0.2, -0.15) is 0 Å². The van der Waals surface area contributed by atoms with Crippen molar-refractivity contribution in [2.45, 2.75) is 18.4 Å². The second-order valence-electron chi connectivity index (χ2n) is 5.73. The van der Waals surface area contributed by atoms with Crippen molar-refractivity contribution in [3.8, 4) is 0 Å². The van der Waals surface area contributed by atoms with Gasteiger partial charge in [0.2, 0.25) is 5.91 Å². The van der Waals surface area contributed by atoms with Gasteiger partial charge in [0.05, 0.1) is 6.10 Å². The van der Waals surface area contributed by atoms with Crippen LogP contribution in [0, 0.1) is 17.7 Å². The molecular weight excluding hydrogens is 295 g/mol. The average molecular weight is 315 g/mol. The Bertz CT molecular complexity index is 497. The molecule has 6 heteroatoms. The van der Waals surface area contributed by atoms with E-state index in [0.717, 1.165) is 18.5 Å². The highest BCUT2D eigenvalue weighted by molar-refractivity contribution is 5.85. The lowest BCUT2D eigenvalue weighted by molar-refractivity contribution is -0.122. The summed E-state index contributed by atoms with van der Waals surface area (Å²) >= 11 is 0. The first-order valence-electron chi connectivity index (χ1n) is 7.07. The number of rotatable bonds is 4. The van der Waals surface area contributed by atoms with E-state index in [-0.39, 0.29) is 48.0 Å². The fourth-order valence-electron chi connectivity index (χ4n) is 2.85. The van der Waals surface area contributed by atoms with E-state index in [9.17, 15) is 14.3 Å². The van der Waals surface area contributed by atoms with Crippen LogP contribution < -0.4 is 10.6 Å². The lowest BCUT2D eigenvalue weighted by Crippen LogP contribution is -2.35. The van der Waals surface area contributed by atoms with Gasteiger partial charge in [0, 0.05) is 31.5 Å². The van der Waals surface area contributed by atoms with Gasteiger partial charge in [0.25, 0.3) is 0 Å². The molecule has 3 N–H and O–H groups in total. The number of hydrogen-bond donors (Lipinski definition) is 3.